The number of hydrogen-bond donors (Lipinski definition) is 1. The van der Waals surface area contributed by atoms with E-state index in [4.69, 9.17) is 17.0 Å². The number of nitrogens with zero attached hydrogens (tertiary/aromatic N) is 4. The molecule has 0 amide bonds. The van der Waals surface area contributed by atoms with E-state index in [-0.39, 0.29) is 12.1 Å². The van der Waals surface area contributed by atoms with Crippen LogP contribution in [0.15, 0.2) is 91.3 Å². The maximum absolute atomic E-state index is 5.89. The highest BCUT2D eigenvalue weighted by Crippen LogP contribution is 2.42. The minimum Gasteiger partial charge on any atom is -0.494 e. The number of thiocarbonyl (C=S) groups is 1. The van der Waals surface area contributed by atoms with E-state index < -0.39 is 0 Å². The van der Waals surface area contributed by atoms with E-state index in [2.05, 4.69) is 85.5 Å². The van der Waals surface area contributed by atoms with Crippen molar-refractivity contribution < 1.29 is 4.74 Å². The maximum Gasteiger partial charge on any atom is 0.174 e. The number of ether oxygens (including phenoxy) is 1. The van der Waals surface area contributed by atoms with Crippen molar-refractivity contribution in [2.45, 2.75) is 19.0 Å². The number of anilines is 2. The molecular weight excluding hydrogens is 454 g/mol. The molecule has 6 nitrogen and oxygen atoms in total. The van der Waals surface area contributed by atoms with E-state index in [1.807, 2.05) is 51.5 Å². The van der Waals surface area contributed by atoms with Crippen LogP contribution in [0.1, 0.15) is 30.4 Å². The molecular formula is C28H29N5OS. The van der Waals surface area contributed by atoms with Gasteiger partial charge >= 0.3 is 0 Å². The van der Waals surface area contributed by atoms with Gasteiger partial charge in [-0.15, -0.1) is 0 Å². The van der Waals surface area contributed by atoms with E-state index in [0.29, 0.717) is 11.7 Å². The van der Waals surface area contributed by atoms with Crippen LogP contribution >= 0.6 is 12.2 Å². The standard InChI is InChI=1S/C28H29N5OS/c1-4-34-23-16-14-21(15-17-23)32-19-7-9-25(32)27-26(24-8-5-6-18-29-24)30-28(35)33(27)22-12-10-20(11-13-22)31(2)3/h5-19,26-27H,4H2,1-3H3,(H,30,35). The van der Waals surface area contributed by atoms with Gasteiger partial charge in [-0.1, -0.05) is 6.07 Å². The molecule has 2 aromatic carbocycles. The highest BCUT2D eigenvalue weighted by atomic mass is 32.1. The molecule has 4 aromatic rings. The van der Waals surface area contributed by atoms with Gasteiger partial charge in [-0.2, -0.15) is 0 Å². The van der Waals surface area contributed by atoms with E-state index in [9.17, 15) is 0 Å². The van der Waals surface area contributed by atoms with Crippen LogP contribution in [0.4, 0.5) is 11.4 Å². The molecule has 1 fully saturated rings. The summed E-state index contributed by atoms with van der Waals surface area (Å²) in [5.41, 5.74) is 5.31. The maximum atomic E-state index is 5.89. The van der Waals surface area contributed by atoms with Crippen LogP contribution in [0, 0.1) is 0 Å². The van der Waals surface area contributed by atoms with Crippen molar-refractivity contribution in [3.05, 3.63) is 103 Å². The van der Waals surface area contributed by atoms with E-state index >= 15 is 0 Å². The van der Waals surface area contributed by atoms with Gasteiger partial charge in [0.2, 0.25) is 0 Å². The molecule has 178 valence electrons. The van der Waals surface area contributed by atoms with E-state index in [1.165, 1.54) is 0 Å². The minimum absolute atomic E-state index is 0.0934. The molecule has 1 aliphatic rings. The van der Waals surface area contributed by atoms with Crippen molar-refractivity contribution in [1.82, 2.24) is 14.9 Å². The molecule has 7 heteroatoms. The van der Waals surface area contributed by atoms with Gasteiger partial charge in [-0.25, -0.2) is 0 Å². The lowest BCUT2D eigenvalue weighted by atomic mass is 10.0. The van der Waals surface area contributed by atoms with Crippen LogP contribution in [-0.4, -0.2) is 35.4 Å². The van der Waals surface area contributed by atoms with Crippen LogP contribution in [0.2, 0.25) is 0 Å². The Kier molecular flexibility index (Phi) is 6.42. The molecule has 1 N–H and O–H groups in total. The second-order valence-corrected chi connectivity index (χ2v) is 9.02. The molecule has 0 bridgehead atoms. The lowest BCUT2D eigenvalue weighted by molar-refractivity contribution is 0.340. The Bertz CT molecular complexity index is 1290. The second kappa shape index (κ2) is 9.80. The fourth-order valence-electron chi connectivity index (χ4n) is 4.58. The third-order valence-electron chi connectivity index (χ3n) is 6.25. The Morgan fingerprint density at radius 1 is 0.943 bits per heavy atom. The van der Waals surface area contributed by atoms with E-state index in [0.717, 1.165) is 34.2 Å². The Labute approximate surface area is 211 Å². The highest BCUT2D eigenvalue weighted by molar-refractivity contribution is 7.80. The van der Waals surface area contributed by atoms with Crippen molar-refractivity contribution in [2.75, 3.05) is 30.5 Å². The summed E-state index contributed by atoms with van der Waals surface area (Å²) in [6.07, 6.45) is 3.92. The summed E-state index contributed by atoms with van der Waals surface area (Å²) in [5.74, 6) is 0.864. The largest absolute Gasteiger partial charge is 0.494 e. The number of hydrogen-bond acceptors (Lipinski definition) is 4. The van der Waals surface area contributed by atoms with Crippen LogP contribution in [0.5, 0.6) is 5.75 Å². The zero-order valence-corrected chi connectivity index (χ0v) is 20.9. The molecule has 1 saturated heterocycles. The average Bonchev–Trinajstić information content (AvgIpc) is 3.49. The first-order chi connectivity index (χ1) is 17.1. The first kappa shape index (κ1) is 22.9. The molecule has 2 atom stereocenters. The Morgan fingerprint density at radius 2 is 1.69 bits per heavy atom. The predicted molar refractivity (Wildman–Crippen MR) is 146 cm³/mol. The van der Waals surface area contributed by atoms with Crippen LogP contribution in [0.3, 0.4) is 0 Å². The number of rotatable bonds is 7. The zero-order chi connectivity index (χ0) is 24.4. The number of nitrogens with one attached hydrogen (secondary N) is 1. The first-order valence-corrected chi connectivity index (χ1v) is 12.2. The molecule has 5 rings (SSSR count). The van der Waals surface area contributed by atoms with Crippen molar-refractivity contribution in [1.29, 1.82) is 0 Å². The van der Waals surface area contributed by atoms with Gasteiger partial charge in [-0.3, -0.25) is 4.98 Å². The van der Waals surface area contributed by atoms with Gasteiger partial charge < -0.3 is 24.4 Å². The first-order valence-electron chi connectivity index (χ1n) is 11.8. The Balaban J connectivity index is 1.60. The van der Waals surface area contributed by atoms with Crippen LogP contribution < -0.4 is 19.9 Å². The highest BCUT2D eigenvalue weighted by Gasteiger charge is 2.42. The fourth-order valence-corrected chi connectivity index (χ4v) is 4.93. The average molecular weight is 484 g/mol. The van der Waals surface area contributed by atoms with Crippen molar-refractivity contribution in [3.63, 3.8) is 0 Å². The monoisotopic (exact) mass is 483 g/mol. The third kappa shape index (κ3) is 4.47. The molecule has 0 radical (unpaired) electrons. The number of aromatic nitrogens is 2. The van der Waals surface area contributed by atoms with Gasteiger partial charge in [0.25, 0.3) is 0 Å². The predicted octanol–water partition coefficient (Wildman–Crippen LogP) is 5.51. The SMILES string of the molecule is CCOc1ccc(-n2cccc2C2C(c3ccccn3)NC(=S)N2c2ccc(N(C)C)cc2)cc1. The topological polar surface area (TPSA) is 45.6 Å². The molecule has 0 aliphatic carbocycles. The number of pyridine rings is 1. The molecule has 35 heavy (non-hydrogen) atoms. The minimum atomic E-state index is -0.103. The normalized spacial score (nSPS) is 17.3. The second-order valence-electron chi connectivity index (χ2n) is 8.64. The molecule has 2 unspecified atom stereocenters. The lowest BCUT2D eigenvalue weighted by Gasteiger charge is -2.29. The summed E-state index contributed by atoms with van der Waals surface area (Å²) >= 11 is 5.89. The molecule has 0 saturated carbocycles. The van der Waals surface area contributed by atoms with Crippen molar-refractivity contribution in [3.8, 4) is 11.4 Å². The Hall–Kier alpha value is -3.84. The zero-order valence-electron chi connectivity index (χ0n) is 20.1. The van der Waals surface area contributed by atoms with Crippen LogP contribution in [0.25, 0.3) is 5.69 Å². The molecule has 3 heterocycles. The smallest absolute Gasteiger partial charge is 0.174 e. The van der Waals surface area contributed by atoms with Crippen molar-refractivity contribution in [2.24, 2.45) is 0 Å². The summed E-state index contributed by atoms with van der Waals surface area (Å²) in [4.78, 5) is 8.97. The summed E-state index contributed by atoms with van der Waals surface area (Å²) in [5, 5.41) is 4.23. The van der Waals surface area contributed by atoms with Crippen LogP contribution in [-0.2, 0) is 0 Å². The van der Waals surface area contributed by atoms with Gasteiger partial charge in [0.05, 0.1) is 18.3 Å². The quantitative estimate of drug-likeness (QED) is 0.350. The van der Waals surface area contributed by atoms with Gasteiger partial charge in [0, 0.05) is 49.2 Å². The third-order valence-corrected chi connectivity index (χ3v) is 6.57. The summed E-state index contributed by atoms with van der Waals surface area (Å²) in [7, 11) is 4.08. The molecule has 0 spiro atoms. The van der Waals surface area contributed by atoms with Crippen molar-refractivity contribution >= 4 is 28.7 Å². The van der Waals surface area contributed by atoms with Gasteiger partial charge in [0.15, 0.2) is 5.11 Å². The lowest BCUT2D eigenvalue weighted by Crippen LogP contribution is -2.30. The fraction of sp³-hybridized carbons (Fsp3) is 0.214. The van der Waals surface area contributed by atoms with E-state index in [1.54, 1.807) is 0 Å². The van der Waals surface area contributed by atoms with Gasteiger partial charge in [0.1, 0.15) is 11.8 Å². The van der Waals surface area contributed by atoms with Gasteiger partial charge in [-0.05, 0) is 91.9 Å². The number of benzene rings is 2. The Morgan fingerprint density at radius 3 is 2.34 bits per heavy atom. The summed E-state index contributed by atoms with van der Waals surface area (Å²) < 4.78 is 7.86. The molecule has 1 aliphatic heterocycles. The summed E-state index contributed by atoms with van der Waals surface area (Å²) in [6, 6.07) is 26.7. The summed E-state index contributed by atoms with van der Waals surface area (Å²) in [6.45, 7) is 2.64. The molecule has 2 aromatic heterocycles.